The molecule has 0 N–H and O–H groups in total. The number of aromatic nitrogens is 1. The van der Waals surface area contributed by atoms with Crippen molar-refractivity contribution in [1.82, 2.24) is 4.98 Å². The summed E-state index contributed by atoms with van der Waals surface area (Å²) in [6.45, 7) is 2.02. The predicted molar refractivity (Wildman–Crippen MR) is 40.9 cm³/mol. The Hall–Kier alpha value is -0.850. The molecule has 0 aliphatic heterocycles. The minimum Gasteiger partial charge on any atom is -0.261 e. The molecule has 0 atom stereocenters. The maximum absolute atomic E-state index is 4.24. The molecule has 1 fully saturated rings. The molecule has 0 spiro atoms. The molecule has 0 unspecified atom stereocenters. The van der Waals surface area contributed by atoms with E-state index in [0.717, 1.165) is 11.6 Å². The number of hydrogen-bond acceptors (Lipinski definition) is 1. The third-order valence-electron chi connectivity index (χ3n) is 1.98. The van der Waals surface area contributed by atoms with Crippen LogP contribution < -0.4 is 0 Å². The highest BCUT2D eigenvalue weighted by molar-refractivity contribution is 5.21. The second-order valence-corrected chi connectivity index (χ2v) is 3.01. The van der Waals surface area contributed by atoms with Gasteiger partial charge in [-0.3, -0.25) is 4.98 Å². The molecule has 0 amide bonds. The summed E-state index contributed by atoms with van der Waals surface area (Å²) < 4.78 is 0. The van der Waals surface area contributed by atoms with Crippen LogP contribution in [0.15, 0.2) is 18.3 Å². The van der Waals surface area contributed by atoms with Crippen LogP contribution >= 0.6 is 0 Å². The average Bonchev–Trinajstić information content (AvgIpc) is 2.71. The fourth-order valence-corrected chi connectivity index (χ4v) is 1.14. The molecule has 10 heavy (non-hydrogen) atoms. The van der Waals surface area contributed by atoms with E-state index >= 15 is 0 Å². The highest BCUT2D eigenvalue weighted by atomic mass is 14.7. The Kier molecular flexibility index (Phi) is 1.23. The van der Waals surface area contributed by atoms with Crippen molar-refractivity contribution in [1.29, 1.82) is 0 Å². The molecule has 0 radical (unpaired) electrons. The Bertz CT molecular complexity index is 221. The molecule has 1 heteroatoms. The number of pyridine rings is 1. The van der Waals surface area contributed by atoms with Gasteiger partial charge in [-0.2, -0.15) is 0 Å². The van der Waals surface area contributed by atoms with E-state index in [1.165, 1.54) is 18.4 Å². The van der Waals surface area contributed by atoms with Crippen molar-refractivity contribution >= 4 is 0 Å². The standard InChI is InChI=1S/C9H11N/c1-7-2-3-9(6-10-7)8-4-5-8/h2-3,6,8H,4-5H2,1H3. The van der Waals surface area contributed by atoms with Gasteiger partial charge in [0, 0.05) is 11.9 Å². The Labute approximate surface area is 61.1 Å². The number of aryl methyl sites for hydroxylation is 1. The lowest BCUT2D eigenvalue weighted by Gasteiger charge is -1.95. The molecule has 2 rings (SSSR count). The highest BCUT2D eigenvalue weighted by Gasteiger charge is 2.23. The zero-order valence-electron chi connectivity index (χ0n) is 6.17. The molecule has 0 bridgehead atoms. The first-order chi connectivity index (χ1) is 4.86. The highest BCUT2D eigenvalue weighted by Crippen LogP contribution is 2.39. The van der Waals surface area contributed by atoms with Crippen LogP contribution in [0.4, 0.5) is 0 Å². The van der Waals surface area contributed by atoms with E-state index in [-0.39, 0.29) is 0 Å². The van der Waals surface area contributed by atoms with Crippen molar-refractivity contribution in [3.63, 3.8) is 0 Å². The average molecular weight is 133 g/mol. The van der Waals surface area contributed by atoms with Crippen molar-refractivity contribution in [2.24, 2.45) is 0 Å². The van der Waals surface area contributed by atoms with Gasteiger partial charge in [0.2, 0.25) is 0 Å². The molecular weight excluding hydrogens is 122 g/mol. The molecule has 1 aromatic rings. The van der Waals surface area contributed by atoms with Gasteiger partial charge in [-0.05, 0) is 37.3 Å². The molecule has 1 nitrogen and oxygen atoms in total. The lowest BCUT2D eigenvalue weighted by atomic mass is 10.2. The van der Waals surface area contributed by atoms with Gasteiger partial charge < -0.3 is 0 Å². The normalized spacial score (nSPS) is 17.3. The number of hydrogen-bond donors (Lipinski definition) is 0. The Morgan fingerprint density at radius 3 is 2.70 bits per heavy atom. The SMILES string of the molecule is Cc1ccc(C2CC2)cn1. The lowest BCUT2D eigenvalue weighted by molar-refractivity contribution is 1.07. The van der Waals surface area contributed by atoms with Crippen LogP contribution in [0, 0.1) is 6.92 Å². The van der Waals surface area contributed by atoms with Crippen LogP contribution in [-0.4, -0.2) is 4.98 Å². The van der Waals surface area contributed by atoms with Crippen LogP contribution in [0.1, 0.15) is 30.0 Å². The maximum atomic E-state index is 4.24. The zero-order chi connectivity index (χ0) is 6.97. The van der Waals surface area contributed by atoms with Crippen LogP contribution in [0.25, 0.3) is 0 Å². The van der Waals surface area contributed by atoms with Gasteiger partial charge in [0.15, 0.2) is 0 Å². The summed E-state index contributed by atoms with van der Waals surface area (Å²) in [6.07, 6.45) is 4.74. The van der Waals surface area contributed by atoms with Crippen molar-refractivity contribution in [3.8, 4) is 0 Å². The summed E-state index contributed by atoms with van der Waals surface area (Å²) in [5.74, 6) is 0.841. The van der Waals surface area contributed by atoms with Crippen molar-refractivity contribution in [2.75, 3.05) is 0 Å². The quantitative estimate of drug-likeness (QED) is 0.572. The molecule has 1 aliphatic rings. The molecular formula is C9H11N. The molecule has 1 saturated carbocycles. The van der Waals surface area contributed by atoms with Gasteiger partial charge in [0.1, 0.15) is 0 Å². The van der Waals surface area contributed by atoms with Crippen LogP contribution in [0.2, 0.25) is 0 Å². The van der Waals surface area contributed by atoms with Crippen molar-refractivity contribution < 1.29 is 0 Å². The predicted octanol–water partition coefficient (Wildman–Crippen LogP) is 2.27. The zero-order valence-corrected chi connectivity index (χ0v) is 6.17. The minimum atomic E-state index is 0.841. The van der Waals surface area contributed by atoms with Crippen molar-refractivity contribution in [3.05, 3.63) is 29.6 Å². The molecule has 0 aromatic carbocycles. The first kappa shape index (κ1) is 5.90. The maximum Gasteiger partial charge on any atom is 0.0372 e. The molecule has 0 saturated heterocycles. The fraction of sp³-hybridized carbons (Fsp3) is 0.444. The van der Waals surface area contributed by atoms with E-state index in [1.54, 1.807) is 0 Å². The summed E-state index contributed by atoms with van der Waals surface area (Å²) in [5, 5.41) is 0. The molecule has 52 valence electrons. The molecule has 1 heterocycles. The van der Waals surface area contributed by atoms with Gasteiger partial charge in [-0.1, -0.05) is 6.07 Å². The largest absolute Gasteiger partial charge is 0.261 e. The minimum absolute atomic E-state index is 0.841. The van der Waals surface area contributed by atoms with Gasteiger partial charge in [-0.15, -0.1) is 0 Å². The van der Waals surface area contributed by atoms with E-state index in [0.29, 0.717) is 0 Å². The summed E-state index contributed by atoms with van der Waals surface area (Å²) in [7, 11) is 0. The smallest absolute Gasteiger partial charge is 0.0372 e. The topological polar surface area (TPSA) is 12.9 Å². The van der Waals surface area contributed by atoms with E-state index in [1.807, 2.05) is 13.1 Å². The second-order valence-electron chi connectivity index (χ2n) is 3.01. The Balaban J connectivity index is 2.28. The van der Waals surface area contributed by atoms with Crippen LogP contribution in [-0.2, 0) is 0 Å². The van der Waals surface area contributed by atoms with E-state index in [2.05, 4.69) is 17.1 Å². The Morgan fingerprint density at radius 1 is 1.40 bits per heavy atom. The van der Waals surface area contributed by atoms with Crippen molar-refractivity contribution in [2.45, 2.75) is 25.7 Å². The summed E-state index contributed by atoms with van der Waals surface area (Å²) >= 11 is 0. The molecule has 1 aromatic heterocycles. The number of rotatable bonds is 1. The fourth-order valence-electron chi connectivity index (χ4n) is 1.14. The van der Waals surface area contributed by atoms with Crippen LogP contribution in [0.5, 0.6) is 0 Å². The van der Waals surface area contributed by atoms with Crippen LogP contribution in [0.3, 0.4) is 0 Å². The summed E-state index contributed by atoms with van der Waals surface area (Å²) in [4.78, 5) is 4.24. The van der Waals surface area contributed by atoms with Gasteiger partial charge in [0.25, 0.3) is 0 Å². The van der Waals surface area contributed by atoms with E-state index in [4.69, 9.17) is 0 Å². The van der Waals surface area contributed by atoms with Gasteiger partial charge in [0.05, 0.1) is 0 Å². The third-order valence-corrected chi connectivity index (χ3v) is 1.98. The van der Waals surface area contributed by atoms with Gasteiger partial charge in [-0.25, -0.2) is 0 Å². The van der Waals surface area contributed by atoms with E-state index in [9.17, 15) is 0 Å². The summed E-state index contributed by atoms with van der Waals surface area (Å²) in [5.41, 5.74) is 2.54. The monoisotopic (exact) mass is 133 g/mol. The molecule has 1 aliphatic carbocycles. The second kappa shape index (κ2) is 2.08. The Morgan fingerprint density at radius 2 is 2.20 bits per heavy atom. The number of nitrogens with zero attached hydrogens (tertiary/aromatic N) is 1. The van der Waals surface area contributed by atoms with Gasteiger partial charge >= 0.3 is 0 Å². The lowest BCUT2D eigenvalue weighted by Crippen LogP contribution is -1.83. The third kappa shape index (κ3) is 1.04. The first-order valence-electron chi connectivity index (χ1n) is 3.79. The van der Waals surface area contributed by atoms with E-state index < -0.39 is 0 Å². The first-order valence-corrected chi connectivity index (χ1v) is 3.79. The summed E-state index contributed by atoms with van der Waals surface area (Å²) in [6, 6.07) is 4.29.